The molecule has 2 rings (SSSR count). The van der Waals surface area contributed by atoms with Gasteiger partial charge in [0.2, 0.25) is 5.91 Å². The quantitative estimate of drug-likeness (QED) is 0.740. The lowest BCUT2D eigenvalue weighted by Crippen LogP contribution is -2.55. The third-order valence-corrected chi connectivity index (χ3v) is 3.97. The van der Waals surface area contributed by atoms with Crippen molar-refractivity contribution in [3.8, 4) is 0 Å². The number of carbonyl (C=O) groups excluding carboxylic acids is 2. The van der Waals surface area contributed by atoms with Gasteiger partial charge in [0.25, 0.3) is 0 Å². The highest BCUT2D eigenvalue weighted by atomic mass is 16.5. The summed E-state index contributed by atoms with van der Waals surface area (Å²) in [6.45, 7) is 3.52. The fourth-order valence-corrected chi connectivity index (χ4v) is 2.62. The third kappa shape index (κ3) is 3.24. The second-order valence-corrected chi connectivity index (χ2v) is 5.37. The average Bonchev–Trinajstić information content (AvgIpc) is 3.06. The van der Waals surface area contributed by atoms with Gasteiger partial charge >= 0.3 is 5.97 Å². The molecule has 1 atom stereocenters. The summed E-state index contributed by atoms with van der Waals surface area (Å²) >= 11 is 0. The first-order valence-corrected chi connectivity index (χ1v) is 7.17. The number of piperidine rings is 1. The van der Waals surface area contributed by atoms with Crippen LogP contribution in [0.25, 0.3) is 0 Å². The lowest BCUT2D eigenvalue weighted by atomic mass is 9.87. The van der Waals surface area contributed by atoms with Crippen LogP contribution in [-0.2, 0) is 19.9 Å². The van der Waals surface area contributed by atoms with Crippen LogP contribution in [0.1, 0.15) is 19.8 Å². The maximum absolute atomic E-state index is 12.7. The van der Waals surface area contributed by atoms with E-state index in [-0.39, 0.29) is 24.3 Å². The molecule has 0 radical (unpaired) electrons. The van der Waals surface area contributed by atoms with Gasteiger partial charge in [0, 0.05) is 18.9 Å². The minimum atomic E-state index is -0.676. The number of esters is 1. The molecule has 0 spiro atoms. The number of nitrogens with one attached hydrogen (secondary N) is 2. The molecule has 21 heavy (non-hydrogen) atoms. The number of ether oxygens (including phenoxy) is 1. The number of carbonyl (C=O) groups is 2. The number of hydrogen-bond acceptors (Lipinski definition) is 5. The fourth-order valence-electron chi connectivity index (χ4n) is 2.62. The minimum absolute atomic E-state index is 0.0940. The van der Waals surface area contributed by atoms with E-state index >= 15 is 0 Å². The molecule has 0 aliphatic carbocycles. The van der Waals surface area contributed by atoms with Crippen LogP contribution in [-0.4, -0.2) is 48.4 Å². The van der Waals surface area contributed by atoms with E-state index in [1.54, 1.807) is 17.8 Å². The molecule has 1 fully saturated rings. The zero-order chi connectivity index (χ0) is 15.3. The summed E-state index contributed by atoms with van der Waals surface area (Å²) in [4.78, 5) is 24.1. The zero-order valence-electron chi connectivity index (χ0n) is 12.5. The van der Waals surface area contributed by atoms with Gasteiger partial charge in [-0.3, -0.25) is 14.3 Å². The Labute approximate surface area is 124 Å². The van der Waals surface area contributed by atoms with Crippen LogP contribution in [0, 0.1) is 5.92 Å². The lowest BCUT2D eigenvalue weighted by molar-refractivity contribution is -0.145. The summed E-state index contributed by atoms with van der Waals surface area (Å²) in [7, 11) is 1.35. The monoisotopic (exact) mass is 294 g/mol. The number of methoxy groups -OCH3 is 1. The number of hydrogen-bond donors (Lipinski definition) is 2. The Bertz CT molecular complexity index is 480. The number of nitrogens with zero attached hydrogens (tertiary/aromatic N) is 2. The maximum atomic E-state index is 12.7. The first-order chi connectivity index (χ1) is 10.1. The van der Waals surface area contributed by atoms with Crippen LogP contribution in [0.2, 0.25) is 0 Å². The topological polar surface area (TPSA) is 85.2 Å². The molecule has 2 N–H and O–H groups in total. The normalized spacial score (nSPS) is 18.8. The Kier molecular flexibility index (Phi) is 4.95. The van der Waals surface area contributed by atoms with Gasteiger partial charge in [0.1, 0.15) is 5.54 Å². The van der Waals surface area contributed by atoms with Crippen molar-refractivity contribution < 1.29 is 14.3 Å². The molecule has 7 heteroatoms. The SMILES string of the molecule is COC(=O)C(C)CNC(=O)C1(n2cccn2)CCNCC1. The fraction of sp³-hybridized carbons (Fsp3) is 0.643. The Balaban J connectivity index is 2.07. The van der Waals surface area contributed by atoms with Gasteiger partial charge in [0.15, 0.2) is 0 Å². The molecule has 1 aliphatic heterocycles. The van der Waals surface area contributed by atoms with Crippen molar-refractivity contribution in [3.05, 3.63) is 18.5 Å². The van der Waals surface area contributed by atoms with E-state index in [0.29, 0.717) is 12.8 Å². The first kappa shape index (κ1) is 15.5. The van der Waals surface area contributed by atoms with E-state index in [1.165, 1.54) is 7.11 Å². The van der Waals surface area contributed by atoms with Gasteiger partial charge in [-0.2, -0.15) is 5.10 Å². The minimum Gasteiger partial charge on any atom is -0.469 e. The van der Waals surface area contributed by atoms with E-state index < -0.39 is 5.54 Å². The number of amides is 1. The Hall–Kier alpha value is -1.89. The molecule has 1 amide bonds. The number of aromatic nitrogens is 2. The first-order valence-electron chi connectivity index (χ1n) is 7.17. The maximum Gasteiger partial charge on any atom is 0.310 e. The van der Waals surface area contributed by atoms with E-state index in [1.807, 2.05) is 12.3 Å². The largest absolute Gasteiger partial charge is 0.469 e. The van der Waals surface area contributed by atoms with Crippen molar-refractivity contribution in [2.45, 2.75) is 25.3 Å². The molecular weight excluding hydrogens is 272 g/mol. The van der Waals surface area contributed by atoms with Gasteiger partial charge in [-0.05, 0) is 32.0 Å². The zero-order valence-corrected chi connectivity index (χ0v) is 12.5. The molecule has 2 heterocycles. The van der Waals surface area contributed by atoms with Crippen LogP contribution in [0.4, 0.5) is 0 Å². The Morgan fingerprint density at radius 2 is 2.19 bits per heavy atom. The third-order valence-electron chi connectivity index (χ3n) is 3.97. The highest BCUT2D eigenvalue weighted by molar-refractivity contribution is 5.85. The van der Waals surface area contributed by atoms with Crippen LogP contribution in [0.15, 0.2) is 18.5 Å². The van der Waals surface area contributed by atoms with E-state index in [4.69, 9.17) is 0 Å². The van der Waals surface area contributed by atoms with Gasteiger partial charge in [0.05, 0.1) is 13.0 Å². The summed E-state index contributed by atoms with van der Waals surface area (Å²) in [6.07, 6.45) is 4.84. The predicted molar refractivity (Wildman–Crippen MR) is 76.5 cm³/mol. The van der Waals surface area contributed by atoms with Crippen molar-refractivity contribution in [3.63, 3.8) is 0 Å². The van der Waals surface area contributed by atoms with Gasteiger partial charge in [-0.25, -0.2) is 0 Å². The lowest BCUT2D eigenvalue weighted by Gasteiger charge is -2.36. The van der Waals surface area contributed by atoms with E-state index in [2.05, 4.69) is 20.5 Å². The van der Waals surface area contributed by atoms with Crippen molar-refractivity contribution >= 4 is 11.9 Å². The highest BCUT2D eigenvalue weighted by Crippen LogP contribution is 2.27. The van der Waals surface area contributed by atoms with Gasteiger partial charge in [-0.1, -0.05) is 6.92 Å². The standard InChI is InChI=1S/C14H22N4O3/c1-11(12(19)21-2)10-16-13(20)14(4-7-15-8-5-14)18-9-3-6-17-18/h3,6,9,11,15H,4-5,7-8,10H2,1-2H3,(H,16,20). The van der Waals surface area contributed by atoms with E-state index in [9.17, 15) is 9.59 Å². The van der Waals surface area contributed by atoms with Crippen molar-refractivity contribution in [1.29, 1.82) is 0 Å². The Morgan fingerprint density at radius 1 is 1.48 bits per heavy atom. The molecule has 1 unspecified atom stereocenters. The highest BCUT2D eigenvalue weighted by Gasteiger charge is 2.42. The molecule has 7 nitrogen and oxygen atoms in total. The van der Waals surface area contributed by atoms with Crippen LogP contribution in [0.3, 0.4) is 0 Å². The van der Waals surface area contributed by atoms with Crippen LogP contribution in [0.5, 0.6) is 0 Å². The molecule has 0 bridgehead atoms. The van der Waals surface area contributed by atoms with Crippen molar-refractivity contribution in [1.82, 2.24) is 20.4 Å². The van der Waals surface area contributed by atoms with Crippen molar-refractivity contribution in [2.24, 2.45) is 5.92 Å². The molecule has 116 valence electrons. The second-order valence-electron chi connectivity index (χ2n) is 5.37. The van der Waals surface area contributed by atoms with Gasteiger partial charge in [-0.15, -0.1) is 0 Å². The number of rotatable bonds is 5. The van der Waals surface area contributed by atoms with E-state index in [0.717, 1.165) is 13.1 Å². The summed E-state index contributed by atoms with van der Waals surface area (Å²) in [5.41, 5.74) is -0.676. The molecule has 0 saturated carbocycles. The molecule has 1 aromatic rings. The van der Waals surface area contributed by atoms with Crippen molar-refractivity contribution in [2.75, 3.05) is 26.7 Å². The summed E-state index contributed by atoms with van der Waals surface area (Å²) < 4.78 is 6.40. The molecular formula is C14H22N4O3. The summed E-state index contributed by atoms with van der Waals surface area (Å²) in [5.74, 6) is -0.785. The summed E-state index contributed by atoms with van der Waals surface area (Å²) in [6, 6.07) is 1.81. The summed E-state index contributed by atoms with van der Waals surface area (Å²) in [5, 5.41) is 10.4. The predicted octanol–water partition coefficient (Wildman–Crippen LogP) is -0.113. The molecule has 0 aromatic carbocycles. The van der Waals surface area contributed by atoms with Crippen LogP contribution >= 0.6 is 0 Å². The second kappa shape index (κ2) is 6.71. The molecule has 1 aliphatic rings. The smallest absolute Gasteiger partial charge is 0.310 e. The molecule has 1 aromatic heterocycles. The Morgan fingerprint density at radius 3 is 2.76 bits per heavy atom. The van der Waals surface area contributed by atoms with Crippen LogP contribution < -0.4 is 10.6 Å². The molecule has 1 saturated heterocycles. The van der Waals surface area contributed by atoms with Gasteiger partial charge < -0.3 is 15.4 Å². The average molecular weight is 294 g/mol.